The van der Waals surface area contributed by atoms with E-state index < -0.39 is 6.10 Å². The van der Waals surface area contributed by atoms with Gasteiger partial charge >= 0.3 is 0 Å². The van der Waals surface area contributed by atoms with Gasteiger partial charge in [0.15, 0.2) is 6.10 Å². The molecule has 0 spiro atoms. The molecule has 2 heterocycles. The van der Waals surface area contributed by atoms with Crippen molar-refractivity contribution in [2.75, 3.05) is 4.90 Å². The Morgan fingerprint density at radius 1 is 1.20 bits per heavy atom. The molecule has 3 aromatic rings. The summed E-state index contributed by atoms with van der Waals surface area (Å²) < 4.78 is 24.2. The number of carbonyl (C=O) groups excluding carboxylic acids is 1. The van der Waals surface area contributed by atoms with Crippen molar-refractivity contribution in [2.45, 2.75) is 19.6 Å². The summed E-state index contributed by atoms with van der Waals surface area (Å²) in [6.45, 7) is 1.81. The summed E-state index contributed by atoms with van der Waals surface area (Å²) in [6.07, 6.45) is -0.597. The van der Waals surface area contributed by atoms with Crippen LogP contribution in [-0.2, 0) is 11.3 Å². The van der Waals surface area contributed by atoms with Gasteiger partial charge in [0, 0.05) is 5.56 Å². The molecule has 1 aromatic heterocycles. The van der Waals surface area contributed by atoms with Crippen molar-refractivity contribution in [3.63, 3.8) is 0 Å². The van der Waals surface area contributed by atoms with Crippen LogP contribution in [0.2, 0.25) is 0 Å². The maximum atomic E-state index is 13.3. The number of nitrogens with zero attached hydrogens (tertiary/aromatic N) is 3. The number of rotatable bonds is 3. The summed E-state index contributed by atoms with van der Waals surface area (Å²) >= 11 is 0. The summed E-state index contributed by atoms with van der Waals surface area (Å²) in [7, 11) is 0. The average molecular weight is 339 g/mol. The van der Waals surface area contributed by atoms with Gasteiger partial charge in [-0.2, -0.15) is 4.98 Å². The fourth-order valence-corrected chi connectivity index (χ4v) is 2.72. The highest BCUT2D eigenvalue weighted by Gasteiger charge is 2.32. The number of hydrogen-bond donors (Lipinski definition) is 0. The Morgan fingerprint density at radius 3 is 2.88 bits per heavy atom. The van der Waals surface area contributed by atoms with Crippen LogP contribution < -0.4 is 9.64 Å². The molecule has 0 saturated heterocycles. The van der Waals surface area contributed by atoms with Gasteiger partial charge in [-0.3, -0.25) is 9.69 Å². The fraction of sp³-hybridized carbons (Fsp3) is 0.167. The van der Waals surface area contributed by atoms with Crippen LogP contribution in [0.3, 0.4) is 0 Å². The molecule has 0 bridgehead atoms. The SMILES string of the molecule is CC1Oc2ccccc2N(Cc2nc(-c3cccc(F)c3)no2)C1=O. The molecule has 0 aliphatic carbocycles. The standard InChI is InChI=1S/C18H14FN3O3/c1-11-18(23)22(14-7-2-3-8-15(14)24-11)10-16-20-17(21-25-16)12-5-4-6-13(19)9-12/h2-9,11H,10H2,1H3. The molecule has 0 saturated carbocycles. The van der Waals surface area contributed by atoms with E-state index >= 15 is 0 Å². The van der Waals surface area contributed by atoms with Gasteiger partial charge in [-0.1, -0.05) is 29.4 Å². The fourth-order valence-electron chi connectivity index (χ4n) is 2.72. The molecule has 0 fully saturated rings. The normalized spacial score (nSPS) is 16.5. The molecule has 7 heteroatoms. The van der Waals surface area contributed by atoms with Crippen LogP contribution in [0.15, 0.2) is 53.1 Å². The molecular weight excluding hydrogens is 325 g/mol. The van der Waals surface area contributed by atoms with Crippen molar-refractivity contribution in [3.05, 3.63) is 60.2 Å². The molecule has 1 unspecified atom stereocenters. The second-order valence-electron chi connectivity index (χ2n) is 5.67. The van der Waals surface area contributed by atoms with Gasteiger partial charge in [0.25, 0.3) is 5.91 Å². The first-order valence-corrected chi connectivity index (χ1v) is 7.77. The summed E-state index contributed by atoms with van der Waals surface area (Å²) in [5.74, 6) is 0.590. The number of amides is 1. The van der Waals surface area contributed by atoms with Crippen molar-refractivity contribution in [1.29, 1.82) is 0 Å². The van der Waals surface area contributed by atoms with Gasteiger partial charge in [0.05, 0.1) is 5.69 Å². The van der Waals surface area contributed by atoms with E-state index in [9.17, 15) is 9.18 Å². The van der Waals surface area contributed by atoms with Crippen LogP contribution >= 0.6 is 0 Å². The van der Waals surface area contributed by atoms with E-state index in [1.54, 1.807) is 36.1 Å². The monoisotopic (exact) mass is 339 g/mol. The van der Waals surface area contributed by atoms with Gasteiger partial charge in [-0.05, 0) is 31.2 Å². The third-order valence-electron chi connectivity index (χ3n) is 3.92. The lowest BCUT2D eigenvalue weighted by Crippen LogP contribution is -2.44. The van der Waals surface area contributed by atoms with E-state index in [-0.39, 0.29) is 30.0 Å². The second kappa shape index (κ2) is 6.01. The number of fused-ring (bicyclic) bond motifs is 1. The van der Waals surface area contributed by atoms with Crippen molar-refractivity contribution in [3.8, 4) is 17.1 Å². The van der Waals surface area contributed by atoms with Crippen LogP contribution in [0.5, 0.6) is 5.75 Å². The molecule has 6 nitrogen and oxygen atoms in total. The van der Waals surface area contributed by atoms with Crippen molar-refractivity contribution in [2.24, 2.45) is 0 Å². The Bertz CT molecular complexity index is 941. The largest absolute Gasteiger partial charge is 0.479 e. The van der Waals surface area contributed by atoms with E-state index in [4.69, 9.17) is 9.26 Å². The lowest BCUT2D eigenvalue weighted by Gasteiger charge is -2.31. The number of carbonyl (C=O) groups is 1. The molecule has 126 valence electrons. The average Bonchev–Trinajstić information content (AvgIpc) is 3.08. The minimum absolute atomic E-state index is 0.117. The minimum atomic E-state index is -0.597. The van der Waals surface area contributed by atoms with Gasteiger partial charge in [0.2, 0.25) is 11.7 Å². The van der Waals surface area contributed by atoms with Crippen LogP contribution in [0.1, 0.15) is 12.8 Å². The highest BCUT2D eigenvalue weighted by molar-refractivity contribution is 5.99. The van der Waals surface area contributed by atoms with E-state index in [1.807, 2.05) is 12.1 Å². The first-order chi connectivity index (χ1) is 12.1. The minimum Gasteiger partial charge on any atom is -0.479 e. The highest BCUT2D eigenvalue weighted by Crippen LogP contribution is 2.34. The number of benzene rings is 2. The van der Waals surface area contributed by atoms with Gasteiger partial charge in [0.1, 0.15) is 18.1 Å². The molecule has 4 rings (SSSR count). The first kappa shape index (κ1) is 15.3. The molecule has 1 aliphatic heterocycles. The van der Waals surface area contributed by atoms with E-state index in [0.29, 0.717) is 17.0 Å². The number of anilines is 1. The van der Waals surface area contributed by atoms with E-state index in [2.05, 4.69) is 10.1 Å². The van der Waals surface area contributed by atoms with Crippen molar-refractivity contribution in [1.82, 2.24) is 10.1 Å². The topological polar surface area (TPSA) is 68.5 Å². The molecule has 0 radical (unpaired) electrons. The number of aromatic nitrogens is 2. The number of halogens is 1. The zero-order valence-electron chi connectivity index (χ0n) is 13.3. The number of hydrogen-bond acceptors (Lipinski definition) is 5. The second-order valence-corrected chi connectivity index (χ2v) is 5.67. The predicted octanol–water partition coefficient (Wildman–Crippen LogP) is 3.19. The lowest BCUT2D eigenvalue weighted by atomic mass is 10.2. The van der Waals surface area contributed by atoms with E-state index in [1.165, 1.54) is 12.1 Å². The Labute approximate surface area is 142 Å². The lowest BCUT2D eigenvalue weighted by molar-refractivity contribution is -0.125. The molecule has 1 aliphatic rings. The van der Waals surface area contributed by atoms with Crippen molar-refractivity contribution >= 4 is 11.6 Å². The quantitative estimate of drug-likeness (QED) is 0.733. The molecule has 1 atom stereocenters. The number of para-hydroxylation sites is 2. The smallest absolute Gasteiger partial charge is 0.268 e. The Kier molecular flexibility index (Phi) is 3.68. The molecule has 1 amide bonds. The Balaban J connectivity index is 1.63. The van der Waals surface area contributed by atoms with Crippen LogP contribution in [0.25, 0.3) is 11.4 Å². The summed E-state index contributed by atoms with van der Waals surface area (Å²) in [5.41, 5.74) is 1.16. The third kappa shape index (κ3) is 2.84. The van der Waals surface area contributed by atoms with Crippen LogP contribution in [0.4, 0.5) is 10.1 Å². The van der Waals surface area contributed by atoms with Crippen molar-refractivity contribution < 1.29 is 18.4 Å². The first-order valence-electron chi connectivity index (χ1n) is 7.77. The van der Waals surface area contributed by atoms with Gasteiger partial charge < -0.3 is 9.26 Å². The molecule has 2 aromatic carbocycles. The zero-order chi connectivity index (χ0) is 17.4. The van der Waals surface area contributed by atoms with Gasteiger partial charge in [-0.25, -0.2) is 4.39 Å². The summed E-state index contributed by atoms with van der Waals surface area (Å²) in [4.78, 5) is 18.3. The molecular formula is C18H14FN3O3. The zero-order valence-corrected chi connectivity index (χ0v) is 13.3. The summed E-state index contributed by atoms with van der Waals surface area (Å²) in [5, 5.41) is 3.87. The molecule has 0 N–H and O–H groups in total. The third-order valence-corrected chi connectivity index (χ3v) is 3.92. The predicted molar refractivity (Wildman–Crippen MR) is 87.4 cm³/mol. The maximum absolute atomic E-state index is 13.3. The number of ether oxygens (including phenoxy) is 1. The van der Waals surface area contributed by atoms with E-state index in [0.717, 1.165) is 0 Å². The summed E-state index contributed by atoms with van der Waals surface area (Å²) in [6, 6.07) is 13.2. The van der Waals surface area contributed by atoms with Crippen LogP contribution in [0, 0.1) is 5.82 Å². The highest BCUT2D eigenvalue weighted by atomic mass is 19.1. The van der Waals surface area contributed by atoms with Gasteiger partial charge in [-0.15, -0.1) is 0 Å². The maximum Gasteiger partial charge on any atom is 0.268 e. The molecule has 25 heavy (non-hydrogen) atoms. The Hall–Kier alpha value is -3.22. The van der Waals surface area contributed by atoms with Crippen LogP contribution in [-0.4, -0.2) is 22.2 Å². The Morgan fingerprint density at radius 2 is 2.04 bits per heavy atom.